The first-order chi connectivity index (χ1) is 15.2. The highest BCUT2D eigenvalue weighted by atomic mass is 32.1. The molecule has 6 nitrogen and oxygen atoms in total. The highest BCUT2D eigenvalue weighted by Crippen LogP contribution is 2.31. The lowest BCUT2D eigenvalue weighted by Gasteiger charge is -2.14. The second kappa shape index (κ2) is 8.43. The van der Waals surface area contributed by atoms with Gasteiger partial charge >= 0.3 is 0 Å². The normalized spacial score (nSPS) is 16.0. The minimum atomic E-state index is 0.0279. The van der Waals surface area contributed by atoms with Gasteiger partial charge in [-0.05, 0) is 18.1 Å². The molecular weight excluding hydrogens is 408 g/mol. The Morgan fingerprint density at radius 1 is 1.13 bits per heavy atom. The summed E-state index contributed by atoms with van der Waals surface area (Å²) in [4.78, 5) is 24.3. The average molecular weight is 431 g/mol. The van der Waals surface area contributed by atoms with Crippen LogP contribution in [0.3, 0.4) is 0 Å². The van der Waals surface area contributed by atoms with Crippen LogP contribution in [0.1, 0.15) is 17.9 Å². The third-order valence-corrected chi connectivity index (χ3v) is 6.47. The van der Waals surface area contributed by atoms with Gasteiger partial charge in [-0.1, -0.05) is 53.7 Å². The lowest BCUT2D eigenvalue weighted by molar-refractivity contribution is -0.121. The summed E-state index contributed by atoms with van der Waals surface area (Å²) in [5.74, 6) is 1.38. The van der Waals surface area contributed by atoms with Gasteiger partial charge in [-0.2, -0.15) is 4.98 Å². The molecule has 1 unspecified atom stereocenters. The number of hydrogen-bond acceptors (Lipinski definition) is 7. The number of benzene rings is 2. The molecule has 0 spiro atoms. The van der Waals surface area contributed by atoms with Gasteiger partial charge in [-0.15, -0.1) is 11.3 Å². The molecule has 0 amide bonds. The Bertz CT molecular complexity index is 1200. The number of carbonyl (C=O) groups is 1. The second-order valence-corrected chi connectivity index (χ2v) is 8.63. The zero-order valence-corrected chi connectivity index (χ0v) is 18.0. The molecule has 3 heterocycles. The molecule has 0 aliphatic carbocycles. The second-order valence-electron chi connectivity index (χ2n) is 7.79. The lowest BCUT2D eigenvalue weighted by Crippen LogP contribution is -2.23. The minimum absolute atomic E-state index is 0.0279. The number of carbonyl (C=O) groups excluding carboxylic acids is 1. The van der Waals surface area contributed by atoms with E-state index in [-0.39, 0.29) is 11.7 Å². The molecule has 2 aromatic carbocycles. The van der Waals surface area contributed by atoms with Crippen LogP contribution >= 0.6 is 11.3 Å². The Morgan fingerprint density at radius 2 is 1.97 bits per heavy atom. The Balaban J connectivity index is 1.24. The quantitative estimate of drug-likeness (QED) is 0.437. The Hall–Kier alpha value is -3.32. The topological polar surface area (TPSA) is 72.1 Å². The number of nitrogens with zero attached hydrogens (tertiary/aromatic N) is 4. The molecule has 0 saturated carbocycles. The van der Waals surface area contributed by atoms with Crippen molar-refractivity contribution in [3.8, 4) is 22.6 Å². The number of ketones is 1. The lowest BCUT2D eigenvalue weighted by atomic mass is 9.96. The molecule has 0 N–H and O–H groups in total. The van der Waals surface area contributed by atoms with Crippen LogP contribution in [0.2, 0.25) is 0 Å². The van der Waals surface area contributed by atoms with E-state index in [1.165, 1.54) is 0 Å². The largest absolute Gasteiger partial charge is 0.347 e. The smallest absolute Gasteiger partial charge is 0.223 e. The van der Waals surface area contributed by atoms with E-state index in [1.807, 2.05) is 42.5 Å². The molecule has 7 heteroatoms. The zero-order chi connectivity index (χ0) is 21.2. The van der Waals surface area contributed by atoms with Crippen molar-refractivity contribution in [1.29, 1.82) is 0 Å². The van der Waals surface area contributed by atoms with Gasteiger partial charge in [0.25, 0.3) is 0 Å². The molecular formula is C24H22N4O2S. The van der Waals surface area contributed by atoms with Crippen molar-refractivity contribution in [2.75, 3.05) is 18.0 Å². The standard InChI is InChI=1S/C24H22N4O2S/c1-16-25-23(27-30-16)19-9-5-6-17(12-19)13-22(29)20-10-11-28(14-20)24-26-21(15-31-24)18-7-3-2-4-8-18/h2-9,12,15,20H,10-11,13-14H2,1H3. The van der Waals surface area contributed by atoms with Crippen molar-refractivity contribution in [2.45, 2.75) is 19.8 Å². The van der Waals surface area contributed by atoms with Crippen LogP contribution in [-0.4, -0.2) is 34.0 Å². The monoisotopic (exact) mass is 430 g/mol. The first kappa shape index (κ1) is 19.6. The Labute approximate surface area is 184 Å². The third kappa shape index (κ3) is 4.27. The van der Waals surface area contributed by atoms with Crippen molar-refractivity contribution in [3.63, 3.8) is 0 Å². The average Bonchev–Trinajstić information content (AvgIpc) is 3.55. The van der Waals surface area contributed by atoms with Crippen LogP contribution in [0.4, 0.5) is 5.13 Å². The maximum Gasteiger partial charge on any atom is 0.223 e. The van der Waals surface area contributed by atoms with Gasteiger partial charge in [0.15, 0.2) is 5.13 Å². The molecule has 31 heavy (non-hydrogen) atoms. The van der Waals surface area contributed by atoms with E-state index in [0.717, 1.165) is 47.0 Å². The Kier molecular flexibility index (Phi) is 5.34. The maximum atomic E-state index is 13.0. The number of aryl methyl sites for hydroxylation is 1. The van der Waals surface area contributed by atoms with Gasteiger partial charge in [0.05, 0.1) is 5.69 Å². The number of thiazole rings is 1. The Morgan fingerprint density at radius 3 is 2.77 bits per heavy atom. The van der Waals surface area contributed by atoms with Crippen LogP contribution in [0, 0.1) is 12.8 Å². The summed E-state index contributed by atoms with van der Waals surface area (Å²) in [6.45, 7) is 3.35. The van der Waals surface area contributed by atoms with Crippen LogP contribution in [-0.2, 0) is 11.2 Å². The van der Waals surface area contributed by atoms with E-state index in [1.54, 1.807) is 18.3 Å². The van der Waals surface area contributed by atoms with Crippen molar-refractivity contribution in [2.24, 2.45) is 5.92 Å². The van der Waals surface area contributed by atoms with Gasteiger partial charge < -0.3 is 9.42 Å². The van der Waals surface area contributed by atoms with Crippen LogP contribution in [0.5, 0.6) is 0 Å². The minimum Gasteiger partial charge on any atom is -0.347 e. The third-order valence-electron chi connectivity index (χ3n) is 5.57. The number of anilines is 1. The number of aromatic nitrogens is 3. The molecule has 0 bridgehead atoms. The summed E-state index contributed by atoms with van der Waals surface area (Å²) < 4.78 is 5.07. The van der Waals surface area contributed by atoms with Gasteiger partial charge in [-0.25, -0.2) is 4.98 Å². The fourth-order valence-electron chi connectivity index (χ4n) is 3.93. The molecule has 2 aromatic heterocycles. The number of hydrogen-bond donors (Lipinski definition) is 0. The summed E-state index contributed by atoms with van der Waals surface area (Å²) in [6.07, 6.45) is 1.28. The van der Waals surface area contributed by atoms with Gasteiger partial charge in [0.1, 0.15) is 5.78 Å². The van der Waals surface area contributed by atoms with Crippen LogP contribution < -0.4 is 4.90 Å². The number of Topliss-reactive ketones (excluding diaryl/α,β-unsaturated/α-hetero) is 1. The SMILES string of the molecule is Cc1nc(-c2cccc(CC(=O)C3CCN(c4nc(-c5ccccc5)cs4)C3)c2)no1. The molecule has 1 aliphatic heterocycles. The van der Waals surface area contributed by atoms with Crippen molar-refractivity contribution in [3.05, 3.63) is 71.4 Å². The first-order valence-electron chi connectivity index (χ1n) is 10.3. The summed E-state index contributed by atoms with van der Waals surface area (Å²) in [5.41, 5.74) is 3.95. The van der Waals surface area contributed by atoms with E-state index in [9.17, 15) is 4.79 Å². The van der Waals surface area contributed by atoms with Crippen molar-refractivity contribution < 1.29 is 9.32 Å². The summed E-state index contributed by atoms with van der Waals surface area (Å²) in [6, 6.07) is 18.0. The molecule has 0 radical (unpaired) electrons. The maximum absolute atomic E-state index is 13.0. The fourth-order valence-corrected chi connectivity index (χ4v) is 4.80. The van der Waals surface area contributed by atoms with E-state index >= 15 is 0 Å². The van der Waals surface area contributed by atoms with Gasteiger partial charge in [-0.3, -0.25) is 4.79 Å². The van der Waals surface area contributed by atoms with E-state index in [2.05, 4.69) is 32.6 Å². The van der Waals surface area contributed by atoms with Crippen LogP contribution in [0.25, 0.3) is 22.6 Å². The molecule has 1 fully saturated rings. The molecule has 156 valence electrons. The van der Waals surface area contributed by atoms with Gasteiger partial charge in [0.2, 0.25) is 11.7 Å². The molecule has 4 aromatic rings. The van der Waals surface area contributed by atoms with Crippen molar-refractivity contribution in [1.82, 2.24) is 15.1 Å². The van der Waals surface area contributed by atoms with Crippen LogP contribution in [0.15, 0.2) is 64.5 Å². The highest BCUT2D eigenvalue weighted by Gasteiger charge is 2.29. The molecule has 1 saturated heterocycles. The van der Waals surface area contributed by atoms with E-state index in [4.69, 9.17) is 9.51 Å². The zero-order valence-electron chi connectivity index (χ0n) is 17.2. The number of rotatable bonds is 6. The van der Waals surface area contributed by atoms with E-state index in [0.29, 0.717) is 18.1 Å². The van der Waals surface area contributed by atoms with E-state index < -0.39 is 0 Å². The summed E-state index contributed by atoms with van der Waals surface area (Å²) in [7, 11) is 0. The first-order valence-corrected chi connectivity index (χ1v) is 11.2. The van der Waals surface area contributed by atoms with Gasteiger partial charge in [0, 0.05) is 48.9 Å². The van der Waals surface area contributed by atoms with Crippen molar-refractivity contribution >= 4 is 22.3 Å². The predicted molar refractivity (Wildman–Crippen MR) is 121 cm³/mol. The predicted octanol–water partition coefficient (Wildman–Crippen LogP) is 4.81. The molecule has 1 aliphatic rings. The summed E-state index contributed by atoms with van der Waals surface area (Å²) >= 11 is 1.64. The highest BCUT2D eigenvalue weighted by molar-refractivity contribution is 7.14. The fraction of sp³-hybridized carbons (Fsp3) is 0.250. The molecule has 5 rings (SSSR count). The molecule has 1 atom stereocenters. The summed E-state index contributed by atoms with van der Waals surface area (Å²) in [5, 5.41) is 7.05.